The molecule has 0 aliphatic carbocycles. The van der Waals surface area contributed by atoms with Crippen molar-refractivity contribution in [3.05, 3.63) is 108 Å². The van der Waals surface area contributed by atoms with E-state index in [0.717, 1.165) is 36.7 Å². The van der Waals surface area contributed by atoms with Crippen LogP contribution >= 0.6 is 0 Å². The molecule has 1 unspecified atom stereocenters. The van der Waals surface area contributed by atoms with E-state index in [9.17, 15) is 4.79 Å². The van der Waals surface area contributed by atoms with Gasteiger partial charge in [0.2, 0.25) is 5.91 Å². The Morgan fingerprint density at radius 3 is 1.78 bits per heavy atom. The van der Waals surface area contributed by atoms with Crippen LogP contribution in [0.1, 0.15) is 42.0 Å². The summed E-state index contributed by atoms with van der Waals surface area (Å²) in [5.74, 6) is 0.549. The quantitative estimate of drug-likeness (QED) is 0.436. The number of carbonyl (C=O) groups is 1. The van der Waals surface area contributed by atoms with Crippen LogP contribution in [-0.2, 0) is 37.5 Å². The monoisotopic (exact) mass is 501 g/mol. The molecule has 1 heterocycles. The number of hydrogen-bond acceptors (Lipinski definition) is 2. The van der Waals surface area contributed by atoms with Gasteiger partial charge in [0, 0.05) is 52.8 Å². The van der Waals surface area contributed by atoms with Crippen LogP contribution in [0.25, 0.3) is 0 Å². The molecular weight excluding hydrogens is 469 g/mol. The molecule has 1 radical (unpaired) electrons. The molecule has 0 N–H and O–H groups in total. The molecule has 3 aromatic rings. The van der Waals surface area contributed by atoms with Gasteiger partial charge in [-0.2, -0.15) is 0 Å². The van der Waals surface area contributed by atoms with Crippen LogP contribution in [-0.4, -0.2) is 42.4 Å². The van der Waals surface area contributed by atoms with Crippen molar-refractivity contribution in [1.82, 2.24) is 9.80 Å². The molecule has 1 saturated heterocycles. The van der Waals surface area contributed by atoms with Crippen molar-refractivity contribution < 1.29 is 37.5 Å². The van der Waals surface area contributed by atoms with E-state index in [1.807, 2.05) is 54.4 Å². The minimum absolute atomic E-state index is 0. The molecule has 1 aliphatic heterocycles. The Morgan fingerprint density at radius 1 is 0.875 bits per heavy atom. The summed E-state index contributed by atoms with van der Waals surface area (Å²) >= 11 is 0. The first-order valence-corrected chi connectivity index (χ1v) is 11.3. The third kappa shape index (κ3) is 5.95. The molecule has 0 aromatic heterocycles. The second-order valence-corrected chi connectivity index (χ2v) is 8.78. The molecule has 4 rings (SSSR count). The first-order chi connectivity index (χ1) is 15.1. The predicted octanol–water partition coefficient (Wildman–Crippen LogP) is 5.36. The molecule has 0 bridgehead atoms. The summed E-state index contributed by atoms with van der Waals surface area (Å²) < 4.78 is 0. The van der Waals surface area contributed by atoms with Crippen molar-refractivity contribution in [2.75, 3.05) is 26.7 Å². The zero-order chi connectivity index (χ0) is 21.6. The summed E-state index contributed by atoms with van der Waals surface area (Å²) in [4.78, 5) is 18.5. The molecule has 0 saturated carbocycles. The van der Waals surface area contributed by atoms with Crippen LogP contribution in [0, 0.1) is 5.92 Å². The Balaban J connectivity index is 0.00000289. The first-order valence-electron chi connectivity index (χ1n) is 11.3. The predicted molar refractivity (Wildman–Crippen MR) is 127 cm³/mol. The van der Waals surface area contributed by atoms with Crippen molar-refractivity contribution in [2.45, 2.75) is 25.3 Å². The second kappa shape index (κ2) is 11.9. The van der Waals surface area contributed by atoms with Crippen LogP contribution in [0.4, 0.5) is 0 Å². The van der Waals surface area contributed by atoms with Crippen molar-refractivity contribution in [3.63, 3.8) is 0 Å². The van der Waals surface area contributed by atoms with E-state index in [0.29, 0.717) is 0 Å². The Labute approximate surface area is 217 Å². The fraction of sp³-hybridized carbons (Fsp3) is 0.321. The van der Waals surface area contributed by atoms with Gasteiger partial charge in [-0.1, -0.05) is 97.9 Å². The molecule has 32 heavy (non-hydrogen) atoms. The first kappa shape index (κ1) is 24.8. The van der Waals surface area contributed by atoms with E-state index in [1.54, 1.807) is 0 Å². The largest absolute Gasteiger partial charge is 0.337 e. The average Bonchev–Trinajstić information content (AvgIpc) is 3.24. The van der Waals surface area contributed by atoms with Crippen LogP contribution in [0.5, 0.6) is 0 Å². The number of benzene rings is 3. The van der Waals surface area contributed by atoms with Gasteiger partial charge in [-0.15, -0.1) is 0 Å². The van der Waals surface area contributed by atoms with Gasteiger partial charge in [-0.05, 0) is 35.6 Å². The molecule has 4 heteroatoms. The van der Waals surface area contributed by atoms with E-state index in [-0.39, 0.29) is 50.6 Å². The number of amides is 1. The van der Waals surface area contributed by atoms with Gasteiger partial charge < -0.3 is 9.80 Å². The topological polar surface area (TPSA) is 23.6 Å². The molecule has 1 fully saturated rings. The maximum absolute atomic E-state index is 14.0. The molecule has 1 aliphatic rings. The number of nitrogens with zero attached hydrogens (tertiary/aromatic N) is 2. The summed E-state index contributed by atoms with van der Waals surface area (Å²) in [6.45, 7) is 5.39. The van der Waals surface area contributed by atoms with Crippen LogP contribution in [0.3, 0.4) is 0 Å². The fourth-order valence-corrected chi connectivity index (χ4v) is 4.69. The Morgan fingerprint density at radius 2 is 1.34 bits per heavy atom. The normalized spacial score (nSPS) is 17.0. The maximum atomic E-state index is 14.0. The van der Waals surface area contributed by atoms with E-state index >= 15 is 0 Å². The van der Waals surface area contributed by atoms with Crippen LogP contribution < -0.4 is 0 Å². The fourth-order valence-electron chi connectivity index (χ4n) is 4.69. The number of likely N-dealkylation sites (N-methyl/N-ethyl adjacent to an activating group) is 1. The standard InChI is InChI=1S/C28H32N2O.Y/c1-22-18-19-30(20-22)21-26(23-12-6-3-7-13-23)29(2)28(31)27(24-14-8-4-9-15-24)25-16-10-5-11-17-25;/h3-17,22,26-27H,18-21H2,1-2H3;/t22-,26?;/m0./s1. The van der Waals surface area contributed by atoms with Crippen molar-refractivity contribution in [3.8, 4) is 0 Å². The summed E-state index contributed by atoms with van der Waals surface area (Å²) in [7, 11) is 1.97. The van der Waals surface area contributed by atoms with E-state index in [1.165, 1.54) is 12.0 Å². The number of rotatable bonds is 7. The van der Waals surface area contributed by atoms with Crippen LogP contribution in [0.2, 0.25) is 0 Å². The number of carbonyl (C=O) groups excluding carboxylic acids is 1. The van der Waals surface area contributed by atoms with Gasteiger partial charge in [-0.3, -0.25) is 4.79 Å². The summed E-state index contributed by atoms with van der Waals surface area (Å²) in [6.07, 6.45) is 1.23. The van der Waals surface area contributed by atoms with Crippen molar-refractivity contribution in [1.29, 1.82) is 0 Å². The summed E-state index contributed by atoms with van der Waals surface area (Å²) in [5.41, 5.74) is 3.26. The minimum Gasteiger partial charge on any atom is -0.337 e. The van der Waals surface area contributed by atoms with Gasteiger partial charge in [0.25, 0.3) is 0 Å². The van der Waals surface area contributed by atoms with Gasteiger partial charge >= 0.3 is 0 Å². The molecule has 1 amide bonds. The number of likely N-dealkylation sites (tertiary alicyclic amines) is 1. The molecular formula is C28H32N2OY. The minimum atomic E-state index is -0.309. The maximum Gasteiger partial charge on any atom is 0.234 e. The Bertz CT molecular complexity index is 925. The molecule has 3 nitrogen and oxygen atoms in total. The molecule has 163 valence electrons. The van der Waals surface area contributed by atoms with Crippen LogP contribution in [0.15, 0.2) is 91.0 Å². The zero-order valence-electron chi connectivity index (χ0n) is 19.1. The van der Waals surface area contributed by atoms with E-state index < -0.39 is 0 Å². The van der Waals surface area contributed by atoms with Crippen molar-refractivity contribution >= 4 is 5.91 Å². The third-order valence-electron chi connectivity index (χ3n) is 6.45. The molecule has 3 aromatic carbocycles. The van der Waals surface area contributed by atoms with E-state index in [4.69, 9.17) is 0 Å². The van der Waals surface area contributed by atoms with Gasteiger partial charge in [0.1, 0.15) is 0 Å². The SMILES string of the molecule is C[C@H]1CCN(CC(c2ccccc2)N(C)C(=O)C(c2ccccc2)c2ccccc2)C1.[Y]. The molecule has 2 atom stereocenters. The van der Waals surface area contributed by atoms with Gasteiger partial charge in [0.05, 0.1) is 12.0 Å². The summed E-state index contributed by atoms with van der Waals surface area (Å²) in [6, 6.07) is 30.8. The Hall–Kier alpha value is -1.81. The average molecular weight is 501 g/mol. The summed E-state index contributed by atoms with van der Waals surface area (Å²) in [5, 5.41) is 0. The van der Waals surface area contributed by atoms with E-state index in [2.05, 4.69) is 60.4 Å². The smallest absolute Gasteiger partial charge is 0.234 e. The zero-order valence-corrected chi connectivity index (χ0v) is 21.9. The second-order valence-electron chi connectivity index (χ2n) is 8.78. The van der Waals surface area contributed by atoms with Gasteiger partial charge in [0.15, 0.2) is 0 Å². The van der Waals surface area contributed by atoms with Gasteiger partial charge in [-0.25, -0.2) is 0 Å². The molecule has 0 spiro atoms. The number of hydrogen-bond donors (Lipinski definition) is 0. The third-order valence-corrected chi connectivity index (χ3v) is 6.45. The van der Waals surface area contributed by atoms with Crippen molar-refractivity contribution in [2.24, 2.45) is 5.92 Å². The Kier molecular flexibility index (Phi) is 9.22.